The molecule has 0 bridgehead atoms. The first-order valence-electron chi connectivity index (χ1n) is 3.40. The van der Waals surface area contributed by atoms with Crippen LogP contribution in [0.15, 0.2) is 24.5 Å². The van der Waals surface area contributed by atoms with E-state index in [0.29, 0.717) is 0 Å². The Hall–Kier alpha value is -1.78. The molecular formula is C7H10N4O. The topological polar surface area (TPSA) is 71.2 Å². The molecule has 0 aliphatic heterocycles. The van der Waals surface area contributed by atoms with E-state index in [1.54, 1.807) is 25.5 Å². The van der Waals surface area contributed by atoms with Crippen LogP contribution in [0.2, 0.25) is 0 Å². The van der Waals surface area contributed by atoms with E-state index in [4.69, 9.17) is 5.73 Å². The summed E-state index contributed by atoms with van der Waals surface area (Å²) in [6, 6.07) is 2.98. The first-order chi connectivity index (χ1) is 5.70. The van der Waals surface area contributed by atoms with Gasteiger partial charge in [0.15, 0.2) is 0 Å². The summed E-state index contributed by atoms with van der Waals surface area (Å²) in [5, 5.41) is 1.50. The van der Waals surface area contributed by atoms with Crippen molar-refractivity contribution >= 4 is 11.7 Å². The highest BCUT2D eigenvalue weighted by Crippen LogP contribution is 2.05. The van der Waals surface area contributed by atoms with Crippen molar-refractivity contribution in [3.05, 3.63) is 24.5 Å². The Kier molecular flexibility index (Phi) is 2.47. The lowest BCUT2D eigenvalue weighted by Crippen LogP contribution is -2.42. The van der Waals surface area contributed by atoms with Gasteiger partial charge in [-0.1, -0.05) is 0 Å². The normalized spacial score (nSPS) is 9.08. The number of rotatable bonds is 2. The van der Waals surface area contributed by atoms with Gasteiger partial charge >= 0.3 is 6.03 Å². The van der Waals surface area contributed by atoms with E-state index >= 15 is 0 Å². The number of hydrogen-bond donors (Lipinski definition) is 2. The smallest absolute Gasteiger partial charge is 0.330 e. The molecule has 12 heavy (non-hydrogen) atoms. The lowest BCUT2D eigenvalue weighted by atomic mass is 10.4. The van der Waals surface area contributed by atoms with Crippen LogP contribution in [0.5, 0.6) is 0 Å². The summed E-state index contributed by atoms with van der Waals surface area (Å²) in [6.45, 7) is 0. The summed E-state index contributed by atoms with van der Waals surface area (Å²) >= 11 is 0. The molecule has 0 saturated carbocycles. The predicted octanol–water partition coefficient (Wildman–Crippen LogP) is 0.101. The van der Waals surface area contributed by atoms with Gasteiger partial charge in [-0.05, 0) is 12.1 Å². The third-order valence-electron chi connectivity index (χ3n) is 1.31. The zero-order valence-electron chi connectivity index (χ0n) is 6.69. The van der Waals surface area contributed by atoms with Gasteiger partial charge in [-0.2, -0.15) is 0 Å². The van der Waals surface area contributed by atoms with Crippen LogP contribution in [-0.2, 0) is 0 Å². The number of anilines is 1. The Morgan fingerprint density at radius 3 is 3.00 bits per heavy atom. The van der Waals surface area contributed by atoms with Gasteiger partial charge in [0, 0.05) is 13.2 Å². The van der Waals surface area contributed by atoms with Crippen molar-refractivity contribution in [2.24, 2.45) is 5.73 Å². The van der Waals surface area contributed by atoms with Gasteiger partial charge in [0.05, 0.1) is 11.9 Å². The Bertz CT molecular complexity index is 261. The number of hydrazine groups is 1. The molecule has 0 fully saturated rings. The van der Waals surface area contributed by atoms with Crippen molar-refractivity contribution in [3.8, 4) is 0 Å². The minimum absolute atomic E-state index is 0.596. The van der Waals surface area contributed by atoms with Gasteiger partial charge in [-0.15, -0.1) is 0 Å². The van der Waals surface area contributed by atoms with Crippen molar-refractivity contribution in [1.82, 2.24) is 10.4 Å². The third-order valence-corrected chi connectivity index (χ3v) is 1.31. The maximum Gasteiger partial charge on any atom is 0.330 e. The highest BCUT2D eigenvalue weighted by molar-refractivity contribution is 5.73. The number of carbonyl (C=O) groups excluding carboxylic acids is 1. The number of primary amides is 1. The molecular weight excluding hydrogens is 156 g/mol. The fourth-order valence-corrected chi connectivity index (χ4v) is 0.782. The van der Waals surface area contributed by atoms with Crippen LogP contribution in [-0.4, -0.2) is 18.1 Å². The number of nitrogens with two attached hydrogens (primary N) is 1. The second-order valence-corrected chi connectivity index (χ2v) is 2.25. The van der Waals surface area contributed by atoms with E-state index in [0.717, 1.165) is 5.69 Å². The molecule has 64 valence electrons. The van der Waals surface area contributed by atoms with Crippen LogP contribution >= 0.6 is 0 Å². The number of pyridine rings is 1. The number of hydrogen-bond acceptors (Lipinski definition) is 3. The molecule has 0 aliphatic rings. The lowest BCUT2D eigenvalue weighted by Gasteiger charge is -2.17. The number of aromatic nitrogens is 1. The van der Waals surface area contributed by atoms with Crippen molar-refractivity contribution < 1.29 is 4.79 Å². The number of nitrogens with zero attached hydrogens (tertiary/aromatic N) is 2. The van der Waals surface area contributed by atoms with E-state index in [2.05, 4.69) is 10.4 Å². The van der Waals surface area contributed by atoms with Crippen molar-refractivity contribution in [3.63, 3.8) is 0 Å². The summed E-state index contributed by atoms with van der Waals surface area (Å²) < 4.78 is 0. The van der Waals surface area contributed by atoms with E-state index in [9.17, 15) is 4.79 Å². The van der Waals surface area contributed by atoms with E-state index in [1.165, 1.54) is 5.01 Å². The summed E-state index contributed by atoms with van der Waals surface area (Å²) in [5.41, 5.74) is 8.08. The van der Waals surface area contributed by atoms with Crippen molar-refractivity contribution in [1.29, 1.82) is 0 Å². The zero-order chi connectivity index (χ0) is 8.97. The van der Waals surface area contributed by atoms with Crippen LogP contribution in [0, 0.1) is 0 Å². The summed E-state index contributed by atoms with van der Waals surface area (Å²) in [7, 11) is 1.68. The first-order valence-corrected chi connectivity index (χ1v) is 3.40. The van der Waals surface area contributed by atoms with E-state index in [-0.39, 0.29) is 0 Å². The average molecular weight is 166 g/mol. The van der Waals surface area contributed by atoms with Gasteiger partial charge < -0.3 is 5.73 Å². The first kappa shape index (κ1) is 8.32. The molecule has 0 saturated heterocycles. The quantitative estimate of drug-likeness (QED) is 0.612. The van der Waals surface area contributed by atoms with Crippen molar-refractivity contribution in [2.75, 3.05) is 12.1 Å². The molecule has 0 radical (unpaired) electrons. The molecule has 1 aromatic rings. The third kappa shape index (κ3) is 2.12. The molecule has 2 amide bonds. The second kappa shape index (κ2) is 3.56. The summed E-state index contributed by atoms with van der Waals surface area (Å²) in [4.78, 5) is 14.3. The highest BCUT2D eigenvalue weighted by Gasteiger charge is 2.00. The second-order valence-electron chi connectivity index (χ2n) is 2.25. The fourth-order valence-electron chi connectivity index (χ4n) is 0.782. The van der Waals surface area contributed by atoms with Gasteiger partial charge in [0.25, 0.3) is 0 Å². The van der Waals surface area contributed by atoms with Gasteiger partial charge in [0.1, 0.15) is 0 Å². The number of carbonyl (C=O) groups is 1. The monoisotopic (exact) mass is 166 g/mol. The van der Waals surface area contributed by atoms with Crippen LogP contribution in [0.25, 0.3) is 0 Å². The molecule has 3 N–H and O–H groups in total. The number of nitrogens with one attached hydrogen (secondary N) is 1. The Morgan fingerprint density at radius 2 is 2.50 bits per heavy atom. The van der Waals surface area contributed by atoms with Crippen LogP contribution in [0.1, 0.15) is 0 Å². The summed E-state index contributed by atoms with van der Waals surface area (Å²) in [6.07, 6.45) is 3.28. The van der Waals surface area contributed by atoms with Crippen LogP contribution in [0.4, 0.5) is 10.5 Å². The fraction of sp³-hybridized carbons (Fsp3) is 0.143. The molecule has 0 atom stereocenters. The maximum atomic E-state index is 10.4. The molecule has 0 aliphatic carbocycles. The standard InChI is InChI=1S/C7H10N4O/c1-11(10-7(8)12)6-3-2-4-9-5-6/h2-5H,1H3,(H3,8,10,12). The van der Waals surface area contributed by atoms with Gasteiger partial charge in [-0.25, -0.2) is 10.2 Å². The molecule has 1 heterocycles. The minimum atomic E-state index is -0.596. The molecule has 0 unspecified atom stereocenters. The molecule has 0 aromatic carbocycles. The van der Waals surface area contributed by atoms with E-state index in [1.807, 2.05) is 6.07 Å². The highest BCUT2D eigenvalue weighted by atomic mass is 16.2. The predicted molar refractivity (Wildman–Crippen MR) is 45.4 cm³/mol. The number of urea groups is 1. The van der Waals surface area contributed by atoms with Crippen LogP contribution < -0.4 is 16.2 Å². The Morgan fingerprint density at radius 1 is 1.75 bits per heavy atom. The zero-order valence-corrected chi connectivity index (χ0v) is 6.69. The minimum Gasteiger partial charge on any atom is -0.350 e. The Labute approximate surface area is 70.2 Å². The molecule has 5 nitrogen and oxygen atoms in total. The average Bonchev–Trinajstić information content (AvgIpc) is 2.05. The maximum absolute atomic E-state index is 10.4. The molecule has 1 rings (SSSR count). The molecule has 1 aromatic heterocycles. The lowest BCUT2D eigenvalue weighted by molar-refractivity contribution is 0.248. The van der Waals surface area contributed by atoms with E-state index < -0.39 is 6.03 Å². The van der Waals surface area contributed by atoms with Crippen LogP contribution in [0.3, 0.4) is 0 Å². The largest absolute Gasteiger partial charge is 0.350 e. The molecule has 5 heteroatoms. The molecule has 0 spiro atoms. The summed E-state index contributed by atoms with van der Waals surface area (Å²) in [5.74, 6) is 0. The van der Waals surface area contributed by atoms with Gasteiger partial charge in [0.2, 0.25) is 0 Å². The van der Waals surface area contributed by atoms with Crippen molar-refractivity contribution in [2.45, 2.75) is 0 Å². The SMILES string of the molecule is CN(NC(N)=O)c1cccnc1. The van der Waals surface area contributed by atoms with Gasteiger partial charge in [-0.3, -0.25) is 9.99 Å². The Balaban J connectivity index is 2.65. The number of amides is 2.